The Labute approximate surface area is 110 Å². The lowest BCUT2D eigenvalue weighted by Gasteiger charge is -2.11. The fourth-order valence-electron chi connectivity index (χ4n) is 1.15. The molecular weight excluding hydrogens is 256 g/mol. The number of carboxylic acid groups (broad SMARTS) is 1. The highest BCUT2D eigenvalue weighted by atomic mass is 32.2. The molecule has 0 radical (unpaired) electrons. The summed E-state index contributed by atoms with van der Waals surface area (Å²) in [5.41, 5.74) is 0. The maximum Gasteiger partial charge on any atom is 0.314 e. The number of rotatable bonds is 8. The zero-order valence-corrected chi connectivity index (χ0v) is 11.9. The molecule has 0 bridgehead atoms. The highest BCUT2D eigenvalue weighted by molar-refractivity contribution is 7.84. The molecule has 3 atom stereocenters. The molecule has 2 amide bonds. The number of nitrogens with one attached hydrogen (secondary N) is 2. The molecule has 0 heterocycles. The first kappa shape index (κ1) is 16.9. The molecule has 0 aliphatic rings. The number of carbonyl (C=O) groups is 2. The average molecular weight is 278 g/mol. The van der Waals surface area contributed by atoms with E-state index in [9.17, 15) is 13.8 Å². The number of urea groups is 1. The van der Waals surface area contributed by atoms with Crippen molar-refractivity contribution in [1.29, 1.82) is 0 Å². The van der Waals surface area contributed by atoms with E-state index in [0.29, 0.717) is 25.9 Å². The SMILES string of the molecule is CC(CCCNC(=O)NCC(C)S(C)=O)C(=O)O. The topological polar surface area (TPSA) is 95.5 Å². The van der Waals surface area contributed by atoms with E-state index >= 15 is 0 Å². The van der Waals surface area contributed by atoms with Crippen LogP contribution in [0.5, 0.6) is 0 Å². The van der Waals surface area contributed by atoms with Crippen LogP contribution in [0.1, 0.15) is 26.7 Å². The van der Waals surface area contributed by atoms with Crippen LogP contribution >= 0.6 is 0 Å². The molecule has 0 spiro atoms. The number of carboxylic acids is 1. The van der Waals surface area contributed by atoms with E-state index in [0.717, 1.165) is 0 Å². The summed E-state index contributed by atoms with van der Waals surface area (Å²) in [6.45, 7) is 4.24. The lowest BCUT2D eigenvalue weighted by Crippen LogP contribution is -2.40. The Morgan fingerprint density at radius 1 is 1.28 bits per heavy atom. The Balaban J connectivity index is 3.60. The summed E-state index contributed by atoms with van der Waals surface area (Å²) < 4.78 is 11.0. The molecule has 0 saturated carbocycles. The number of carbonyl (C=O) groups excluding carboxylic acids is 1. The van der Waals surface area contributed by atoms with Crippen LogP contribution in [0.15, 0.2) is 0 Å². The third kappa shape index (κ3) is 8.05. The zero-order valence-electron chi connectivity index (χ0n) is 11.1. The van der Waals surface area contributed by atoms with Crippen LogP contribution in [-0.2, 0) is 15.6 Å². The van der Waals surface area contributed by atoms with Crippen LogP contribution in [0.3, 0.4) is 0 Å². The van der Waals surface area contributed by atoms with Gasteiger partial charge in [0.1, 0.15) is 0 Å². The summed E-state index contributed by atoms with van der Waals surface area (Å²) in [6.07, 6.45) is 2.75. The van der Waals surface area contributed by atoms with Gasteiger partial charge in [-0.2, -0.15) is 0 Å². The molecule has 0 fully saturated rings. The van der Waals surface area contributed by atoms with Gasteiger partial charge in [-0.05, 0) is 19.8 Å². The second kappa shape index (κ2) is 8.91. The predicted octanol–water partition coefficient (Wildman–Crippen LogP) is 0.553. The van der Waals surface area contributed by atoms with Crippen molar-refractivity contribution in [2.45, 2.75) is 31.9 Å². The monoisotopic (exact) mass is 278 g/mol. The molecule has 0 aromatic heterocycles. The van der Waals surface area contributed by atoms with Crippen molar-refractivity contribution in [1.82, 2.24) is 10.6 Å². The standard InChI is InChI=1S/C11H22N2O4S/c1-8(10(14)15)5-4-6-12-11(16)13-7-9(2)18(3)17/h8-9H,4-7H2,1-3H3,(H,14,15)(H2,12,13,16). The van der Waals surface area contributed by atoms with E-state index in [4.69, 9.17) is 5.11 Å². The van der Waals surface area contributed by atoms with E-state index in [-0.39, 0.29) is 11.3 Å². The van der Waals surface area contributed by atoms with Gasteiger partial charge in [-0.15, -0.1) is 0 Å². The van der Waals surface area contributed by atoms with Gasteiger partial charge in [0.25, 0.3) is 0 Å². The summed E-state index contributed by atoms with van der Waals surface area (Å²) in [5, 5.41) is 13.8. The van der Waals surface area contributed by atoms with E-state index in [2.05, 4.69) is 10.6 Å². The molecule has 18 heavy (non-hydrogen) atoms. The van der Waals surface area contributed by atoms with Crippen LogP contribution in [0.2, 0.25) is 0 Å². The summed E-state index contributed by atoms with van der Waals surface area (Å²) in [6, 6.07) is -0.310. The molecule has 0 saturated heterocycles. The van der Waals surface area contributed by atoms with Gasteiger partial charge in [-0.3, -0.25) is 9.00 Å². The van der Waals surface area contributed by atoms with Crippen LogP contribution in [0.4, 0.5) is 4.79 Å². The third-order valence-corrected chi connectivity index (χ3v) is 3.94. The summed E-state index contributed by atoms with van der Waals surface area (Å²) >= 11 is 0. The lowest BCUT2D eigenvalue weighted by atomic mass is 10.1. The fourth-order valence-corrected chi connectivity index (χ4v) is 1.47. The van der Waals surface area contributed by atoms with E-state index in [1.54, 1.807) is 20.1 Å². The van der Waals surface area contributed by atoms with Crippen LogP contribution in [0, 0.1) is 5.92 Å². The molecule has 6 nitrogen and oxygen atoms in total. The molecular formula is C11H22N2O4S. The van der Waals surface area contributed by atoms with Crippen molar-refractivity contribution in [2.75, 3.05) is 19.3 Å². The second-order valence-electron chi connectivity index (χ2n) is 4.33. The van der Waals surface area contributed by atoms with Gasteiger partial charge in [-0.25, -0.2) is 4.79 Å². The third-order valence-electron chi connectivity index (χ3n) is 2.64. The first-order valence-corrected chi connectivity index (χ1v) is 7.53. The number of amides is 2. The molecule has 106 valence electrons. The highest BCUT2D eigenvalue weighted by Gasteiger charge is 2.10. The highest BCUT2D eigenvalue weighted by Crippen LogP contribution is 2.03. The smallest absolute Gasteiger partial charge is 0.314 e. The molecule has 0 rings (SSSR count). The average Bonchev–Trinajstić information content (AvgIpc) is 2.30. The van der Waals surface area contributed by atoms with Gasteiger partial charge in [-0.1, -0.05) is 6.92 Å². The van der Waals surface area contributed by atoms with Gasteiger partial charge in [0, 0.05) is 35.4 Å². The summed E-state index contributed by atoms with van der Waals surface area (Å²) in [5.74, 6) is -1.21. The quantitative estimate of drug-likeness (QED) is 0.565. The molecule has 0 aromatic carbocycles. The first-order chi connectivity index (χ1) is 8.34. The van der Waals surface area contributed by atoms with Crippen molar-refractivity contribution in [3.8, 4) is 0 Å². The van der Waals surface area contributed by atoms with Crippen LogP contribution in [-0.4, -0.2) is 45.9 Å². The Kier molecular flexibility index (Phi) is 8.36. The minimum Gasteiger partial charge on any atom is -0.481 e. The first-order valence-electron chi connectivity index (χ1n) is 5.91. The minimum atomic E-state index is -0.953. The van der Waals surface area contributed by atoms with Crippen LogP contribution < -0.4 is 10.6 Å². The van der Waals surface area contributed by atoms with Crippen molar-refractivity contribution in [3.05, 3.63) is 0 Å². The van der Waals surface area contributed by atoms with Gasteiger partial charge in [0.15, 0.2) is 0 Å². The number of hydrogen-bond acceptors (Lipinski definition) is 3. The van der Waals surface area contributed by atoms with Gasteiger partial charge in [0.2, 0.25) is 0 Å². The molecule has 0 aromatic rings. The molecule has 3 N–H and O–H groups in total. The van der Waals surface area contributed by atoms with E-state index in [1.807, 2.05) is 0 Å². The lowest BCUT2D eigenvalue weighted by molar-refractivity contribution is -0.141. The maximum absolute atomic E-state index is 11.3. The second-order valence-corrected chi connectivity index (χ2v) is 6.13. The molecule has 7 heteroatoms. The van der Waals surface area contributed by atoms with Crippen molar-refractivity contribution in [2.24, 2.45) is 5.92 Å². The minimum absolute atomic E-state index is 0.0808. The molecule has 3 unspecified atom stereocenters. The predicted molar refractivity (Wildman–Crippen MR) is 71.0 cm³/mol. The number of hydrogen-bond donors (Lipinski definition) is 3. The van der Waals surface area contributed by atoms with Crippen molar-refractivity contribution < 1.29 is 18.9 Å². The van der Waals surface area contributed by atoms with Crippen molar-refractivity contribution >= 4 is 22.8 Å². The maximum atomic E-state index is 11.3. The van der Waals surface area contributed by atoms with Gasteiger partial charge >= 0.3 is 12.0 Å². The largest absolute Gasteiger partial charge is 0.481 e. The van der Waals surface area contributed by atoms with Gasteiger partial charge < -0.3 is 15.7 Å². The Bertz CT molecular complexity index is 309. The Morgan fingerprint density at radius 3 is 2.39 bits per heavy atom. The van der Waals surface area contributed by atoms with Gasteiger partial charge in [0.05, 0.1) is 5.92 Å². The fraction of sp³-hybridized carbons (Fsp3) is 0.818. The van der Waals surface area contributed by atoms with E-state index < -0.39 is 22.7 Å². The summed E-state index contributed by atoms with van der Waals surface area (Å²) in [4.78, 5) is 21.9. The van der Waals surface area contributed by atoms with Crippen LogP contribution in [0.25, 0.3) is 0 Å². The summed E-state index contributed by atoms with van der Waals surface area (Å²) in [7, 11) is -0.953. The normalized spacial score (nSPS) is 15.5. The Hall–Kier alpha value is -1.11. The molecule has 0 aliphatic carbocycles. The number of aliphatic carboxylic acids is 1. The Morgan fingerprint density at radius 2 is 1.89 bits per heavy atom. The zero-order chi connectivity index (χ0) is 14.1. The van der Waals surface area contributed by atoms with Crippen molar-refractivity contribution in [3.63, 3.8) is 0 Å². The molecule has 0 aliphatic heterocycles. The van der Waals surface area contributed by atoms with E-state index in [1.165, 1.54) is 0 Å².